The molecule has 0 spiro atoms. The van der Waals surface area contributed by atoms with Crippen LogP contribution in [0.5, 0.6) is 5.75 Å². The maximum atomic E-state index is 13.0. The molecule has 2 amide bonds. The Morgan fingerprint density at radius 2 is 1.84 bits per heavy atom. The Kier molecular flexibility index (Phi) is 8.12. The Bertz CT molecular complexity index is 1400. The minimum Gasteiger partial charge on any atom is -0.488 e. The predicted octanol–water partition coefficient (Wildman–Crippen LogP) is 5.63. The van der Waals surface area contributed by atoms with Crippen LogP contribution in [0.1, 0.15) is 21.5 Å². The van der Waals surface area contributed by atoms with Gasteiger partial charge in [0.15, 0.2) is 5.17 Å². The summed E-state index contributed by atoms with van der Waals surface area (Å²) in [5.41, 5.74) is 2.96. The number of hydrogen-bond acceptors (Lipinski definition) is 6. The molecule has 7 nitrogen and oxygen atoms in total. The van der Waals surface area contributed by atoms with Gasteiger partial charge in [-0.15, -0.1) is 0 Å². The zero-order valence-corrected chi connectivity index (χ0v) is 22.4. The maximum absolute atomic E-state index is 13.0. The summed E-state index contributed by atoms with van der Waals surface area (Å²) < 4.78 is 11.4. The Balaban J connectivity index is 1.33. The Labute approximate surface area is 230 Å². The van der Waals surface area contributed by atoms with Gasteiger partial charge < -0.3 is 14.4 Å². The third kappa shape index (κ3) is 6.10. The summed E-state index contributed by atoms with van der Waals surface area (Å²) in [6.45, 7) is 2.61. The van der Waals surface area contributed by atoms with Gasteiger partial charge in [-0.25, -0.2) is 4.99 Å². The molecule has 0 atom stereocenters. The van der Waals surface area contributed by atoms with Crippen LogP contribution in [-0.2, 0) is 16.1 Å². The lowest BCUT2D eigenvalue weighted by Gasteiger charge is -2.26. The molecule has 2 saturated heterocycles. The summed E-state index contributed by atoms with van der Waals surface area (Å²) in [5.74, 6) is 0.474. The van der Waals surface area contributed by atoms with Crippen LogP contribution in [0.25, 0.3) is 6.08 Å². The molecule has 0 aliphatic carbocycles. The molecule has 0 aromatic heterocycles. The number of likely N-dealkylation sites (N-methyl/N-ethyl adjacent to an activating group) is 1. The first kappa shape index (κ1) is 26.0. The number of rotatable bonds is 6. The minimum atomic E-state index is -0.151. The molecular weight excluding hydrogens is 522 g/mol. The van der Waals surface area contributed by atoms with Crippen LogP contribution in [0.2, 0.25) is 5.02 Å². The fourth-order valence-electron chi connectivity index (χ4n) is 4.03. The van der Waals surface area contributed by atoms with Crippen molar-refractivity contribution in [2.45, 2.75) is 6.61 Å². The molecule has 3 aromatic rings. The lowest BCUT2D eigenvalue weighted by atomic mass is 10.1. The fourth-order valence-corrected chi connectivity index (χ4v) is 5.14. The highest BCUT2D eigenvalue weighted by Crippen LogP contribution is 2.35. The molecule has 0 N–H and O–H groups in total. The predicted molar refractivity (Wildman–Crippen MR) is 151 cm³/mol. The van der Waals surface area contributed by atoms with Gasteiger partial charge >= 0.3 is 0 Å². The Hall–Kier alpha value is -3.59. The number of ether oxygens (including phenoxy) is 2. The second-order valence-corrected chi connectivity index (χ2v) is 10.2. The summed E-state index contributed by atoms with van der Waals surface area (Å²) in [7, 11) is 1.70. The lowest BCUT2D eigenvalue weighted by Crippen LogP contribution is -2.40. The van der Waals surface area contributed by atoms with Crippen molar-refractivity contribution in [1.29, 1.82) is 0 Å². The van der Waals surface area contributed by atoms with Crippen LogP contribution in [0.3, 0.4) is 0 Å². The second kappa shape index (κ2) is 11.9. The molecule has 2 aliphatic rings. The normalized spacial score (nSPS) is 17.9. The van der Waals surface area contributed by atoms with E-state index in [1.165, 1.54) is 16.7 Å². The molecule has 38 heavy (non-hydrogen) atoms. The lowest BCUT2D eigenvalue weighted by molar-refractivity contribution is -0.121. The van der Waals surface area contributed by atoms with Crippen LogP contribution in [-0.4, -0.2) is 60.1 Å². The van der Waals surface area contributed by atoms with Crippen LogP contribution in [0.4, 0.5) is 5.69 Å². The van der Waals surface area contributed by atoms with E-state index in [2.05, 4.69) is 4.99 Å². The molecule has 3 aromatic carbocycles. The Morgan fingerprint density at radius 1 is 1.08 bits per heavy atom. The van der Waals surface area contributed by atoms with Crippen molar-refractivity contribution in [2.75, 3.05) is 33.4 Å². The smallest absolute Gasteiger partial charge is 0.266 e. The number of benzene rings is 3. The van der Waals surface area contributed by atoms with Gasteiger partial charge in [-0.2, -0.15) is 0 Å². The van der Waals surface area contributed by atoms with Gasteiger partial charge in [-0.3, -0.25) is 14.5 Å². The van der Waals surface area contributed by atoms with Gasteiger partial charge in [0.05, 0.1) is 23.8 Å². The number of amides is 2. The number of thioether (sulfide) groups is 1. The molecule has 0 saturated carbocycles. The molecule has 2 fully saturated rings. The van der Waals surface area contributed by atoms with Crippen molar-refractivity contribution in [3.8, 4) is 5.75 Å². The van der Waals surface area contributed by atoms with Crippen molar-refractivity contribution in [1.82, 2.24) is 9.80 Å². The largest absolute Gasteiger partial charge is 0.488 e. The van der Waals surface area contributed by atoms with E-state index in [1.807, 2.05) is 60.7 Å². The standard InChI is InChI=1S/C29H26ClN3O4S/c1-32-28(35)26(18-21-5-2-3-8-25(21)37-19-20-9-11-23(30)12-10-20)38-29(32)31-24-7-4-6-22(17-24)27(34)33-13-15-36-16-14-33/h2-12,17-18H,13-16,19H2,1H3/b26-18+,31-29?. The first-order valence-electron chi connectivity index (χ1n) is 12.2. The molecule has 9 heteroatoms. The van der Waals surface area contributed by atoms with Crippen molar-refractivity contribution >= 4 is 52.1 Å². The van der Waals surface area contributed by atoms with Gasteiger partial charge in [0, 0.05) is 36.3 Å². The molecule has 0 unspecified atom stereocenters. The van der Waals surface area contributed by atoms with E-state index >= 15 is 0 Å². The summed E-state index contributed by atoms with van der Waals surface area (Å²) in [5, 5.41) is 1.21. The monoisotopic (exact) mass is 547 g/mol. The van der Waals surface area contributed by atoms with Gasteiger partial charge in [0.1, 0.15) is 12.4 Å². The SMILES string of the molecule is CN1C(=O)/C(=C\c2ccccc2OCc2ccc(Cl)cc2)SC1=Nc1cccc(C(=O)N2CCOCC2)c1. The number of nitrogens with zero attached hydrogens (tertiary/aromatic N) is 3. The third-order valence-corrected chi connectivity index (χ3v) is 7.45. The molecular formula is C29H26ClN3O4S. The van der Waals surface area contributed by atoms with Crippen molar-refractivity contribution in [2.24, 2.45) is 4.99 Å². The number of carbonyl (C=O) groups excluding carboxylic acids is 2. The van der Waals surface area contributed by atoms with Crippen molar-refractivity contribution < 1.29 is 19.1 Å². The van der Waals surface area contributed by atoms with E-state index in [0.29, 0.717) is 65.0 Å². The van der Waals surface area contributed by atoms with Crippen LogP contribution in [0.15, 0.2) is 82.7 Å². The molecule has 194 valence electrons. The van der Waals surface area contributed by atoms with Gasteiger partial charge in [0.25, 0.3) is 11.8 Å². The van der Waals surface area contributed by atoms with E-state index in [1.54, 1.807) is 30.1 Å². The number of carbonyl (C=O) groups is 2. The van der Waals surface area contributed by atoms with Gasteiger partial charge in [-0.05, 0) is 59.8 Å². The van der Waals surface area contributed by atoms with E-state index in [-0.39, 0.29) is 11.8 Å². The third-order valence-electron chi connectivity index (χ3n) is 6.13. The van der Waals surface area contributed by atoms with Crippen LogP contribution < -0.4 is 4.74 Å². The average Bonchev–Trinajstić information content (AvgIpc) is 3.21. The maximum Gasteiger partial charge on any atom is 0.266 e. The van der Waals surface area contributed by atoms with Gasteiger partial charge in [-0.1, -0.05) is 48.0 Å². The molecule has 5 rings (SSSR count). The first-order chi connectivity index (χ1) is 18.5. The van der Waals surface area contributed by atoms with E-state index < -0.39 is 0 Å². The van der Waals surface area contributed by atoms with Crippen LogP contribution >= 0.6 is 23.4 Å². The summed E-state index contributed by atoms with van der Waals surface area (Å²) in [4.78, 5) is 34.4. The topological polar surface area (TPSA) is 71.4 Å². The highest BCUT2D eigenvalue weighted by molar-refractivity contribution is 8.18. The number of morpholine rings is 1. The molecule has 0 radical (unpaired) electrons. The number of halogens is 1. The number of hydrogen-bond donors (Lipinski definition) is 0. The van der Waals surface area contributed by atoms with E-state index in [4.69, 9.17) is 21.1 Å². The highest BCUT2D eigenvalue weighted by Gasteiger charge is 2.30. The molecule has 2 aliphatic heterocycles. The van der Waals surface area contributed by atoms with E-state index in [0.717, 1.165) is 11.1 Å². The zero-order valence-electron chi connectivity index (χ0n) is 20.8. The number of amidine groups is 1. The summed E-state index contributed by atoms with van der Waals surface area (Å²) in [6, 6.07) is 22.2. The Morgan fingerprint density at radius 3 is 2.63 bits per heavy atom. The number of para-hydroxylation sites is 1. The van der Waals surface area contributed by atoms with Gasteiger partial charge in [0.2, 0.25) is 0 Å². The summed E-state index contributed by atoms with van der Waals surface area (Å²) >= 11 is 7.26. The average molecular weight is 548 g/mol. The zero-order chi connectivity index (χ0) is 26.5. The highest BCUT2D eigenvalue weighted by atomic mass is 35.5. The fraction of sp³-hybridized carbons (Fsp3) is 0.207. The number of aliphatic imine (C=N–C) groups is 1. The summed E-state index contributed by atoms with van der Waals surface area (Å²) in [6.07, 6.45) is 1.82. The molecule has 2 heterocycles. The first-order valence-corrected chi connectivity index (χ1v) is 13.4. The quantitative estimate of drug-likeness (QED) is 0.374. The minimum absolute atomic E-state index is 0.0466. The van der Waals surface area contributed by atoms with Crippen LogP contribution in [0, 0.1) is 0 Å². The molecule has 0 bridgehead atoms. The second-order valence-electron chi connectivity index (χ2n) is 8.78. The van der Waals surface area contributed by atoms with E-state index in [9.17, 15) is 9.59 Å². The van der Waals surface area contributed by atoms with Crippen molar-refractivity contribution in [3.63, 3.8) is 0 Å². The van der Waals surface area contributed by atoms with Crippen molar-refractivity contribution in [3.05, 3.63) is 99.4 Å².